The molecule has 0 amide bonds. The Morgan fingerprint density at radius 1 is 1.08 bits per heavy atom. The molecule has 0 fully saturated rings. The summed E-state index contributed by atoms with van der Waals surface area (Å²) in [6.45, 7) is 4.05. The first-order valence-electron chi connectivity index (χ1n) is 4.36. The van der Waals surface area contributed by atoms with Crippen LogP contribution in [0.3, 0.4) is 0 Å². The second-order valence-corrected chi connectivity index (χ2v) is 3.16. The summed E-state index contributed by atoms with van der Waals surface area (Å²) in [4.78, 5) is 7.67. The van der Waals surface area contributed by atoms with Gasteiger partial charge in [0.2, 0.25) is 0 Å². The summed E-state index contributed by atoms with van der Waals surface area (Å²) >= 11 is 0. The van der Waals surface area contributed by atoms with Crippen LogP contribution in [0.2, 0.25) is 0 Å². The summed E-state index contributed by atoms with van der Waals surface area (Å²) in [6.07, 6.45) is 0. The minimum Gasteiger partial charge on any atom is -0.342 e. The van der Waals surface area contributed by atoms with Gasteiger partial charge in [-0.15, -0.1) is 0 Å². The van der Waals surface area contributed by atoms with Gasteiger partial charge in [-0.05, 0) is 13.8 Å². The third-order valence-corrected chi connectivity index (χ3v) is 2.18. The van der Waals surface area contributed by atoms with E-state index < -0.39 is 0 Å². The molecule has 0 saturated carbocycles. The van der Waals surface area contributed by atoms with Crippen LogP contribution in [0, 0.1) is 13.8 Å². The van der Waals surface area contributed by atoms with Gasteiger partial charge >= 0.3 is 0 Å². The fourth-order valence-corrected chi connectivity index (χ4v) is 1.28. The smallest absolute Gasteiger partial charge is 0.137 e. The standard InChI is InChI=1S/C11H12N2/c1-8-9(2)13-11(12-8)10-6-4-3-5-7-10/h3-7H,1-2H3,(H,12,13). The van der Waals surface area contributed by atoms with Crippen molar-refractivity contribution in [2.45, 2.75) is 13.8 Å². The van der Waals surface area contributed by atoms with Crippen molar-refractivity contribution in [1.29, 1.82) is 0 Å². The van der Waals surface area contributed by atoms with E-state index in [0.29, 0.717) is 0 Å². The summed E-state index contributed by atoms with van der Waals surface area (Å²) in [6, 6.07) is 10.1. The third-order valence-electron chi connectivity index (χ3n) is 2.18. The van der Waals surface area contributed by atoms with Crippen LogP contribution in [0.1, 0.15) is 11.4 Å². The third kappa shape index (κ3) is 1.47. The van der Waals surface area contributed by atoms with Gasteiger partial charge < -0.3 is 4.98 Å². The van der Waals surface area contributed by atoms with Gasteiger partial charge in [-0.2, -0.15) is 0 Å². The van der Waals surface area contributed by atoms with Crippen LogP contribution in [0.5, 0.6) is 0 Å². The molecule has 0 aliphatic carbocycles. The number of nitrogens with one attached hydrogen (secondary N) is 1. The molecular formula is C11H12N2. The van der Waals surface area contributed by atoms with Crippen LogP contribution in [0.25, 0.3) is 11.4 Å². The summed E-state index contributed by atoms with van der Waals surface area (Å²) in [5.41, 5.74) is 3.34. The maximum atomic E-state index is 4.42. The molecule has 2 nitrogen and oxygen atoms in total. The van der Waals surface area contributed by atoms with Gasteiger partial charge in [0.25, 0.3) is 0 Å². The van der Waals surface area contributed by atoms with E-state index in [-0.39, 0.29) is 0 Å². The molecule has 0 saturated heterocycles. The lowest BCUT2D eigenvalue weighted by Gasteiger charge is -1.93. The summed E-state index contributed by atoms with van der Waals surface area (Å²) in [5, 5.41) is 0. The molecule has 0 aliphatic heterocycles. The van der Waals surface area contributed by atoms with Gasteiger partial charge in [-0.25, -0.2) is 4.98 Å². The molecule has 0 radical (unpaired) electrons. The maximum absolute atomic E-state index is 4.42. The number of aromatic amines is 1. The van der Waals surface area contributed by atoms with Crippen LogP contribution >= 0.6 is 0 Å². The summed E-state index contributed by atoms with van der Waals surface area (Å²) < 4.78 is 0. The Morgan fingerprint density at radius 3 is 2.31 bits per heavy atom. The number of hydrogen-bond acceptors (Lipinski definition) is 1. The van der Waals surface area contributed by atoms with Gasteiger partial charge in [-0.3, -0.25) is 0 Å². The molecule has 0 aliphatic rings. The van der Waals surface area contributed by atoms with E-state index in [1.807, 2.05) is 32.0 Å². The van der Waals surface area contributed by atoms with Crippen LogP contribution in [-0.2, 0) is 0 Å². The number of nitrogens with zero attached hydrogens (tertiary/aromatic N) is 1. The maximum Gasteiger partial charge on any atom is 0.137 e. The van der Waals surface area contributed by atoms with Gasteiger partial charge in [0.05, 0.1) is 5.69 Å². The van der Waals surface area contributed by atoms with E-state index in [9.17, 15) is 0 Å². The predicted octanol–water partition coefficient (Wildman–Crippen LogP) is 2.69. The van der Waals surface area contributed by atoms with Crippen molar-refractivity contribution < 1.29 is 0 Å². The number of rotatable bonds is 1. The molecule has 13 heavy (non-hydrogen) atoms. The van der Waals surface area contributed by atoms with E-state index in [2.05, 4.69) is 22.1 Å². The Hall–Kier alpha value is -1.57. The second-order valence-electron chi connectivity index (χ2n) is 3.16. The van der Waals surface area contributed by atoms with Crippen LogP contribution in [0.15, 0.2) is 30.3 Å². The first-order chi connectivity index (χ1) is 6.27. The molecule has 2 rings (SSSR count). The zero-order valence-corrected chi connectivity index (χ0v) is 7.83. The minimum absolute atomic E-state index is 0.954. The number of benzene rings is 1. The minimum atomic E-state index is 0.954. The Kier molecular flexibility index (Phi) is 1.89. The Bertz CT molecular complexity index is 382. The predicted molar refractivity (Wildman–Crippen MR) is 53.5 cm³/mol. The highest BCUT2D eigenvalue weighted by Gasteiger charge is 2.03. The average Bonchev–Trinajstić information content (AvgIpc) is 2.49. The zero-order valence-electron chi connectivity index (χ0n) is 7.83. The quantitative estimate of drug-likeness (QED) is 0.704. The molecule has 1 aromatic carbocycles. The molecule has 0 bridgehead atoms. The largest absolute Gasteiger partial charge is 0.342 e. The van der Waals surface area contributed by atoms with Gasteiger partial charge in [-0.1, -0.05) is 30.3 Å². The lowest BCUT2D eigenvalue weighted by Crippen LogP contribution is -1.78. The fraction of sp³-hybridized carbons (Fsp3) is 0.182. The molecule has 1 aromatic heterocycles. The van der Waals surface area contributed by atoms with Gasteiger partial charge in [0.15, 0.2) is 0 Å². The van der Waals surface area contributed by atoms with Crippen molar-refractivity contribution in [3.63, 3.8) is 0 Å². The van der Waals surface area contributed by atoms with E-state index >= 15 is 0 Å². The van der Waals surface area contributed by atoms with Crippen molar-refractivity contribution >= 4 is 0 Å². The van der Waals surface area contributed by atoms with Crippen LogP contribution in [-0.4, -0.2) is 9.97 Å². The van der Waals surface area contributed by atoms with Gasteiger partial charge in [0, 0.05) is 11.3 Å². The van der Waals surface area contributed by atoms with Crippen molar-refractivity contribution in [3.8, 4) is 11.4 Å². The summed E-state index contributed by atoms with van der Waals surface area (Å²) in [7, 11) is 0. The zero-order chi connectivity index (χ0) is 9.26. The fourth-order valence-electron chi connectivity index (χ4n) is 1.28. The molecule has 0 spiro atoms. The Balaban J connectivity index is 2.48. The highest BCUT2D eigenvalue weighted by molar-refractivity contribution is 5.55. The SMILES string of the molecule is Cc1nc(-c2ccccc2)[nH]c1C. The van der Waals surface area contributed by atoms with E-state index in [0.717, 1.165) is 22.8 Å². The average molecular weight is 172 g/mol. The number of H-pyrrole nitrogens is 1. The monoisotopic (exact) mass is 172 g/mol. The van der Waals surface area contributed by atoms with Crippen molar-refractivity contribution in [1.82, 2.24) is 9.97 Å². The molecular weight excluding hydrogens is 160 g/mol. The number of aromatic nitrogens is 2. The van der Waals surface area contributed by atoms with Crippen LogP contribution < -0.4 is 0 Å². The Morgan fingerprint density at radius 2 is 1.77 bits per heavy atom. The number of aryl methyl sites for hydroxylation is 2. The van der Waals surface area contributed by atoms with Crippen molar-refractivity contribution in [2.75, 3.05) is 0 Å². The first-order valence-corrected chi connectivity index (χ1v) is 4.36. The van der Waals surface area contributed by atoms with Crippen LogP contribution in [0.4, 0.5) is 0 Å². The second kappa shape index (κ2) is 3.05. The molecule has 2 heteroatoms. The first kappa shape index (κ1) is 8.05. The Labute approximate surface area is 77.6 Å². The number of hydrogen-bond donors (Lipinski definition) is 1. The molecule has 0 unspecified atom stereocenters. The van der Waals surface area contributed by atoms with E-state index in [1.54, 1.807) is 0 Å². The van der Waals surface area contributed by atoms with E-state index in [4.69, 9.17) is 0 Å². The molecule has 66 valence electrons. The highest BCUT2D eigenvalue weighted by Crippen LogP contribution is 2.16. The molecule has 2 aromatic rings. The topological polar surface area (TPSA) is 28.7 Å². The van der Waals surface area contributed by atoms with E-state index in [1.165, 1.54) is 0 Å². The number of imidazole rings is 1. The van der Waals surface area contributed by atoms with Crippen molar-refractivity contribution in [2.24, 2.45) is 0 Å². The molecule has 1 N–H and O–H groups in total. The molecule has 1 heterocycles. The highest BCUT2D eigenvalue weighted by atomic mass is 14.9. The van der Waals surface area contributed by atoms with Crippen molar-refractivity contribution in [3.05, 3.63) is 41.7 Å². The lowest BCUT2D eigenvalue weighted by molar-refractivity contribution is 1.22. The lowest BCUT2D eigenvalue weighted by atomic mass is 10.2. The normalized spacial score (nSPS) is 10.3. The molecule has 0 atom stereocenters. The van der Waals surface area contributed by atoms with Gasteiger partial charge in [0.1, 0.15) is 5.82 Å². The summed E-state index contributed by atoms with van der Waals surface area (Å²) in [5.74, 6) is 0.954.